The van der Waals surface area contributed by atoms with Crippen molar-refractivity contribution in [1.29, 1.82) is 0 Å². The van der Waals surface area contributed by atoms with Gasteiger partial charge in [-0.25, -0.2) is 0 Å². The fourth-order valence-corrected chi connectivity index (χ4v) is 2.57. The minimum absolute atomic E-state index is 0.412. The molecule has 2 aromatic rings. The van der Waals surface area contributed by atoms with Gasteiger partial charge >= 0.3 is 0 Å². The van der Waals surface area contributed by atoms with Crippen molar-refractivity contribution in [2.75, 3.05) is 13.2 Å². The molecule has 1 aliphatic heterocycles. The third kappa shape index (κ3) is 1.85. The van der Waals surface area contributed by atoms with E-state index in [0.29, 0.717) is 12.6 Å². The van der Waals surface area contributed by atoms with Gasteiger partial charge in [0.05, 0.1) is 19.3 Å². The van der Waals surface area contributed by atoms with Crippen LogP contribution in [0, 0.1) is 6.92 Å². The smallest absolute Gasteiger partial charge is 0.0988 e. The Bertz CT molecular complexity index is 540. The van der Waals surface area contributed by atoms with Gasteiger partial charge in [-0.1, -0.05) is 18.2 Å². The minimum atomic E-state index is 0.412. The quantitative estimate of drug-likeness (QED) is 0.815. The Morgan fingerprint density at radius 2 is 2.18 bits per heavy atom. The highest BCUT2D eigenvalue weighted by molar-refractivity contribution is 5.85. The molecule has 0 spiro atoms. The number of para-hydroxylation sites is 1. The molecule has 3 rings (SSSR count). The van der Waals surface area contributed by atoms with Crippen LogP contribution in [0.1, 0.15) is 11.3 Å². The molecule has 0 bridgehead atoms. The minimum Gasteiger partial charge on any atom is -0.371 e. The molecule has 0 radical (unpaired) electrons. The lowest BCUT2D eigenvalue weighted by Gasteiger charge is -2.06. The van der Waals surface area contributed by atoms with E-state index in [4.69, 9.17) is 10.5 Å². The summed E-state index contributed by atoms with van der Waals surface area (Å²) in [6, 6.07) is 8.57. The molecule has 1 aliphatic rings. The second-order valence-corrected chi connectivity index (χ2v) is 4.69. The van der Waals surface area contributed by atoms with Crippen LogP contribution < -0.4 is 5.73 Å². The summed E-state index contributed by atoms with van der Waals surface area (Å²) in [4.78, 5) is 0. The monoisotopic (exact) mass is 230 g/mol. The van der Waals surface area contributed by atoms with Crippen molar-refractivity contribution < 1.29 is 4.74 Å². The molecule has 0 amide bonds. The van der Waals surface area contributed by atoms with Crippen LogP contribution in [-0.4, -0.2) is 23.8 Å². The zero-order valence-electron chi connectivity index (χ0n) is 10.1. The first kappa shape index (κ1) is 10.8. The number of aromatic nitrogens is 1. The first-order valence-corrected chi connectivity index (χ1v) is 6.19. The normalized spacial score (nSPS) is 18.8. The SMILES string of the molecule is Cc1c(CCN)c2ccccc2n1CC1CO1. The van der Waals surface area contributed by atoms with E-state index in [1.54, 1.807) is 0 Å². The summed E-state index contributed by atoms with van der Waals surface area (Å²) in [7, 11) is 0. The fraction of sp³-hybridized carbons (Fsp3) is 0.429. The third-order valence-corrected chi connectivity index (χ3v) is 3.54. The average molecular weight is 230 g/mol. The van der Waals surface area contributed by atoms with Crippen molar-refractivity contribution in [3.8, 4) is 0 Å². The number of benzene rings is 1. The molecule has 1 saturated heterocycles. The molecule has 1 fully saturated rings. The summed E-state index contributed by atoms with van der Waals surface area (Å²) in [6.45, 7) is 4.76. The van der Waals surface area contributed by atoms with Crippen LogP contribution in [0.5, 0.6) is 0 Å². The topological polar surface area (TPSA) is 43.5 Å². The maximum atomic E-state index is 5.71. The number of hydrogen-bond acceptors (Lipinski definition) is 2. The average Bonchev–Trinajstić information content (AvgIpc) is 3.12. The largest absolute Gasteiger partial charge is 0.371 e. The molecule has 90 valence electrons. The zero-order chi connectivity index (χ0) is 11.8. The Labute approximate surface area is 101 Å². The van der Waals surface area contributed by atoms with Crippen LogP contribution in [-0.2, 0) is 17.7 Å². The number of epoxide rings is 1. The standard InChI is InChI=1S/C14H18N2O/c1-10-12(6-7-15)13-4-2-3-5-14(13)16(10)8-11-9-17-11/h2-5,11H,6-9,15H2,1H3. The predicted octanol–water partition coefficient (Wildman–Crippen LogP) is 1.85. The molecule has 17 heavy (non-hydrogen) atoms. The summed E-state index contributed by atoms with van der Waals surface area (Å²) in [5, 5.41) is 1.34. The first-order valence-electron chi connectivity index (χ1n) is 6.19. The van der Waals surface area contributed by atoms with E-state index in [0.717, 1.165) is 19.6 Å². The summed E-state index contributed by atoms with van der Waals surface area (Å²) in [5.41, 5.74) is 9.75. The van der Waals surface area contributed by atoms with E-state index >= 15 is 0 Å². The van der Waals surface area contributed by atoms with Crippen LogP contribution in [0.3, 0.4) is 0 Å². The molecule has 1 aromatic heterocycles. The summed E-state index contributed by atoms with van der Waals surface area (Å²) >= 11 is 0. The van der Waals surface area contributed by atoms with Crippen LogP contribution >= 0.6 is 0 Å². The van der Waals surface area contributed by atoms with Gasteiger partial charge in [0.2, 0.25) is 0 Å². The van der Waals surface area contributed by atoms with Crippen molar-refractivity contribution in [3.05, 3.63) is 35.5 Å². The Morgan fingerprint density at radius 3 is 2.88 bits per heavy atom. The lowest BCUT2D eigenvalue weighted by atomic mass is 10.1. The molecule has 2 N–H and O–H groups in total. The van der Waals surface area contributed by atoms with Gasteiger partial charge in [-0.15, -0.1) is 0 Å². The van der Waals surface area contributed by atoms with Crippen LogP contribution in [0.4, 0.5) is 0 Å². The Kier molecular flexibility index (Phi) is 2.65. The van der Waals surface area contributed by atoms with Crippen LogP contribution in [0.25, 0.3) is 10.9 Å². The van der Waals surface area contributed by atoms with E-state index in [2.05, 4.69) is 35.8 Å². The number of ether oxygens (including phenoxy) is 1. The Balaban J connectivity index is 2.14. The molecular weight excluding hydrogens is 212 g/mol. The van der Waals surface area contributed by atoms with Crippen LogP contribution in [0.15, 0.2) is 24.3 Å². The van der Waals surface area contributed by atoms with Gasteiger partial charge in [-0.2, -0.15) is 0 Å². The van der Waals surface area contributed by atoms with E-state index < -0.39 is 0 Å². The Hall–Kier alpha value is -1.32. The number of fused-ring (bicyclic) bond motifs is 1. The van der Waals surface area contributed by atoms with Gasteiger partial charge in [0.1, 0.15) is 0 Å². The van der Waals surface area contributed by atoms with Crippen LogP contribution in [0.2, 0.25) is 0 Å². The lowest BCUT2D eigenvalue weighted by molar-refractivity contribution is 0.384. The Morgan fingerprint density at radius 1 is 1.41 bits per heavy atom. The van der Waals surface area contributed by atoms with E-state index in [1.165, 1.54) is 22.2 Å². The molecule has 1 unspecified atom stereocenters. The highest BCUT2D eigenvalue weighted by atomic mass is 16.6. The first-order chi connectivity index (χ1) is 8.31. The summed E-state index contributed by atoms with van der Waals surface area (Å²) in [5.74, 6) is 0. The zero-order valence-corrected chi connectivity index (χ0v) is 10.1. The van der Waals surface area contributed by atoms with Crippen molar-refractivity contribution in [2.45, 2.75) is 26.0 Å². The van der Waals surface area contributed by atoms with Gasteiger partial charge < -0.3 is 15.0 Å². The lowest BCUT2D eigenvalue weighted by Crippen LogP contribution is -2.07. The van der Waals surface area contributed by atoms with E-state index in [1.807, 2.05) is 0 Å². The maximum Gasteiger partial charge on any atom is 0.0988 e. The number of nitrogens with zero attached hydrogens (tertiary/aromatic N) is 1. The second kappa shape index (κ2) is 4.17. The van der Waals surface area contributed by atoms with Crippen molar-refractivity contribution in [1.82, 2.24) is 4.57 Å². The molecule has 1 atom stereocenters. The van der Waals surface area contributed by atoms with Gasteiger partial charge in [0, 0.05) is 16.6 Å². The van der Waals surface area contributed by atoms with E-state index in [9.17, 15) is 0 Å². The van der Waals surface area contributed by atoms with Crippen molar-refractivity contribution >= 4 is 10.9 Å². The highest BCUT2D eigenvalue weighted by Gasteiger charge is 2.25. The fourth-order valence-electron chi connectivity index (χ4n) is 2.57. The number of rotatable bonds is 4. The van der Waals surface area contributed by atoms with Crippen molar-refractivity contribution in [2.24, 2.45) is 5.73 Å². The maximum absolute atomic E-state index is 5.71. The van der Waals surface area contributed by atoms with Crippen molar-refractivity contribution in [3.63, 3.8) is 0 Å². The third-order valence-electron chi connectivity index (χ3n) is 3.54. The second-order valence-electron chi connectivity index (χ2n) is 4.69. The van der Waals surface area contributed by atoms with Gasteiger partial charge in [-0.3, -0.25) is 0 Å². The summed E-state index contributed by atoms with van der Waals surface area (Å²) < 4.78 is 7.71. The predicted molar refractivity (Wildman–Crippen MR) is 69.2 cm³/mol. The van der Waals surface area contributed by atoms with Gasteiger partial charge in [-0.05, 0) is 31.5 Å². The molecule has 0 aliphatic carbocycles. The number of hydrogen-bond donors (Lipinski definition) is 1. The molecule has 0 saturated carbocycles. The number of nitrogens with two attached hydrogens (primary N) is 1. The molecule has 1 aromatic carbocycles. The molecular formula is C14H18N2O. The van der Waals surface area contributed by atoms with E-state index in [-0.39, 0.29) is 0 Å². The van der Waals surface area contributed by atoms with Gasteiger partial charge in [0.15, 0.2) is 0 Å². The summed E-state index contributed by atoms with van der Waals surface area (Å²) in [6.07, 6.45) is 1.36. The highest BCUT2D eigenvalue weighted by Crippen LogP contribution is 2.27. The molecule has 2 heterocycles. The van der Waals surface area contributed by atoms with Gasteiger partial charge in [0.25, 0.3) is 0 Å². The molecule has 3 heteroatoms. The molecule has 3 nitrogen and oxygen atoms in total.